The number of rotatable bonds is 6. The van der Waals surface area contributed by atoms with Crippen molar-refractivity contribution in [3.05, 3.63) is 53.6 Å². The maximum Gasteiger partial charge on any atom is 0.0639 e. The van der Waals surface area contributed by atoms with Crippen LogP contribution in [0.5, 0.6) is 0 Å². The average Bonchev–Trinajstić information content (AvgIpc) is 2.84. The van der Waals surface area contributed by atoms with E-state index in [9.17, 15) is 0 Å². The average molecular weight is 281 g/mol. The molecule has 0 atom stereocenters. The molecule has 2 aromatic carbocycles. The van der Waals surface area contributed by atoms with Gasteiger partial charge in [0.15, 0.2) is 0 Å². The summed E-state index contributed by atoms with van der Waals surface area (Å²) in [6.07, 6.45) is 1.05. The number of hydrogen-bond donors (Lipinski definition) is 1. The van der Waals surface area contributed by atoms with E-state index in [4.69, 9.17) is 4.74 Å². The summed E-state index contributed by atoms with van der Waals surface area (Å²) >= 11 is 0. The lowest BCUT2D eigenvalue weighted by atomic mass is 10.1. The molecule has 1 aliphatic rings. The van der Waals surface area contributed by atoms with Crippen molar-refractivity contribution in [3.8, 4) is 11.1 Å². The highest BCUT2D eigenvalue weighted by Crippen LogP contribution is 2.37. The summed E-state index contributed by atoms with van der Waals surface area (Å²) in [5.41, 5.74) is 6.82. The van der Waals surface area contributed by atoms with E-state index in [1.165, 1.54) is 27.9 Å². The number of benzene rings is 2. The maximum atomic E-state index is 5.60. The number of ether oxygens (including phenoxy) is 1. The molecule has 0 spiro atoms. The Hall–Kier alpha value is -1.80. The van der Waals surface area contributed by atoms with Crippen LogP contribution in [0, 0.1) is 5.92 Å². The third-order valence-corrected chi connectivity index (χ3v) is 3.82. The van der Waals surface area contributed by atoms with Crippen molar-refractivity contribution in [2.45, 2.75) is 20.3 Å². The zero-order valence-corrected chi connectivity index (χ0v) is 12.9. The molecule has 21 heavy (non-hydrogen) atoms. The number of fused-ring (bicyclic) bond motifs is 3. The van der Waals surface area contributed by atoms with Crippen LogP contribution in [0.15, 0.2) is 42.5 Å². The van der Waals surface area contributed by atoms with Gasteiger partial charge in [0.1, 0.15) is 0 Å². The van der Waals surface area contributed by atoms with Crippen LogP contribution in [0.1, 0.15) is 25.0 Å². The number of nitrogens with one attached hydrogen (secondary N) is 1. The largest absolute Gasteiger partial charge is 0.383 e. The monoisotopic (exact) mass is 281 g/mol. The van der Waals surface area contributed by atoms with Gasteiger partial charge in [-0.3, -0.25) is 0 Å². The van der Waals surface area contributed by atoms with Crippen molar-refractivity contribution >= 4 is 5.69 Å². The highest BCUT2D eigenvalue weighted by Gasteiger charge is 2.17. The lowest BCUT2D eigenvalue weighted by molar-refractivity contribution is 0.118. The molecule has 0 unspecified atom stereocenters. The highest BCUT2D eigenvalue weighted by atomic mass is 16.5. The summed E-state index contributed by atoms with van der Waals surface area (Å²) < 4.78 is 5.60. The molecule has 0 aliphatic heterocycles. The molecule has 0 saturated heterocycles. The first kappa shape index (κ1) is 14.2. The van der Waals surface area contributed by atoms with Gasteiger partial charge in [0.2, 0.25) is 0 Å². The van der Waals surface area contributed by atoms with E-state index in [1.807, 2.05) is 0 Å². The molecule has 0 bridgehead atoms. The Morgan fingerprint density at radius 2 is 1.86 bits per heavy atom. The van der Waals surface area contributed by atoms with E-state index in [0.29, 0.717) is 5.92 Å². The Morgan fingerprint density at radius 1 is 1.05 bits per heavy atom. The van der Waals surface area contributed by atoms with Gasteiger partial charge >= 0.3 is 0 Å². The summed E-state index contributed by atoms with van der Waals surface area (Å²) in [6.45, 7) is 6.80. The molecular weight excluding hydrogens is 258 g/mol. The Labute approximate surface area is 127 Å². The third kappa shape index (κ3) is 3.27. The van der Waals surface area contributed by atoms with Crippen molar-refractivity contribution in [1.29, 1.82) is 0 Å². The standard InChI is InChI=1S/C19H23NO/c1-14(2)13-21-10-9-20-17-7-8-19-16(12-17)11-15-5-3-4-6-18(15)19/h3-8,12,14,20H,9-11,13H2,1-2H3. The van der Waals surface area contributed by atoms with Crippen molar-refractivity contribution in [2.24, 2.45) is 5.92 Å². The van der Waals surface area contributed by atoms with Crippen molar-refractivity contribution in [3.63, 3.8) is 0 Å². The third-order valence-electron chi connectivity index (χ3n) is 3.82. The van der Waals surface area contributed by atoms with E-state index in [2.05, 4.69) is 61.6 Å². The van der Waals surface area contributed by atoms with Crippen molar-refractivity contribution in [2.75, 3.05) is 25.1 Å². The van der Waals surface area contributed by atoms with Gasteiger partial charge in [-0.25, -0.2) is 0 Å². The van der Waals surface area contributed by atoms with Gasteiger partial charge < -0.3 is 10.1 Å². The minimum Gasteiger partial charge on any atom is -0.383 e. The highest BCUT2D eigenvalue weighted by molar-refractivity contribution is 5.78. The first-order chi connectivity index (χ1) is 10.2. The minimum atomic E-state index is 0.600. The van der Waals surface area contributed by atoms with Crippen molar-refractivity contribution in [1.82, 2.24) is 0 Å². The van der Waals surface area contributed by atoms with Crippen LogP contribution in [0.25, 0.3) is 11.1 Å². The molecule has 1 aliphatic carbocycles. The molecule has 0 fully saturated rings. The molecule has 2 aromatic rings. The fourth-order valence-corrected chi connectivity index (χ4v) is 2.84. The van der Waals surface area contributed by atoms with Crippen LogP contribution in [-0.2, 0) is 11.2 Å². The maximum absolute atomic E-state index is 5.60. The smallest absolute Gasteiger partial charge is 0.0639 e. The summed E-state index contributed by atoms with van der Waals surface area (Å²) in [7, 11) is 0. The van der Waals surface area contributed by atoms with Gasteiger partial charge in [0, 0.05) is 18.8 Å². The number of anilines is 1. The lowest BCUT2D eigenvalue weighted by Crippen LogP contribution is -2.12. The van der Waals surface area contributed by atoms with Gasteiger partial charge in [-0.1, -0.05) is 44.2 Å². The van der Waals surface area contributed by atoms with E-state index >= 15 is 0 Å². The van der Waals surface area contributed by atoms with Crippen LogP contribution in [0.3, 0.4) is 0 Å². The fourth-order valence-electron chi connectivity index (χ4n) is 2.84. The first-order valence-electron chi connectivity index (χ1n) is 7.77. The molecule has 110 valence electrons. The zero-order valence-electron chi connectivity index (χ0n) is 12.9. The van der Waals surface area contributed by atoms with Crippen LogP contribution in [0.4, 0.5) is 5.69 Å². The molecule has 0 aromatic heterocycles. The molecule has 1 N–H and O–H groups in total. The summed E-state index contributed by atoms with van der Waals surface area (Å²) in [5, 5.41) is 3.45. The Balaban J connectivity index is 1.59. The Kier molecular flexibility index (Phi) is 4.26. The SMILES string of the molecule is CC(C)COCCNc1ccc2c(c1)Cc1ccccc1-2. The second-order valence-electron chi connectivity index (χ2n) is 6.10. The molecule has 0 saturated carbocycles. The second kappa shape index (κ2) is 6.31. The number of hydrogen-bond acceptors (Lipinski definition) is 2. The zero-order chi connectivity index (χ0) is 14.7. The van der Waals surface area contributed by atoms with Gasteiger partial charge in [-0.15, -0.1) is 0 Å². The first-order valence-corrected chi connectivity index (χ1v) is 7.77. The molecule has 2 nitrogen and oxygen atoms in total. The molecule has 2 heteroatoms. The van der Waals surface area contributed by atoms with E-state index < -0.39 is 0 Å². The lowest BCUT2D eigenvalue weighted by Gasteiger charge is -2.10. The Morgan fingerprint density at radius 3 is 2.71 bits per heavy atom. The van der Waals surface area contributed by atoms with Crippen LogP contribution in [-0.4, -0.2) is 19.8 Å². The van der Waals surface area contributed by atoms with E-state index in [0.717, 1.165) is 26.2 Å². The van der Waals surface area contributed by atoms with Gasteiger partial charge in [-0.2, -0.15) is 0 Å². The second-order valence-corrected chi connectivity index (χ2v) is 6.10. The molecule has 0 amide bonds. The predicted octanol–water partition coefficient (Wildman–Crippen LogP) is 4.34. The quantitative estimate of drug-likeness (QED) is 0.679. The summed E-state index contributed by atoms with van der Waals surface area (Å²) in [4.78, 5) is 0. The van der Waals surface area contributed by atoms with E-state index in [1.54, 1.807) is 0 Å². The van der Waals surface area contributed by atoms with Crippen LogP contribution >= 0.6 is 0 Å². The fraction of sp³-hybridized carbons (Fsp3) is 0.368. The predicted molar refractivity (Wildman–Crippen MR) is 88.8 cm³/mol. The van der Waals surface area contributed by atoms with Gasteiger partial charge in [-0.05, 0) is 46.7 Å². The molecule has 0 radical (unpaired) electrons. The van der Waals surface area contributed by atoms with Crippen molar-refractivity contribution < 1.29 is 4.74 Å². The Bertz CT molecular complexity index is 619. The molecular formula is C19H23NO. The van der Waals surface area contributed by atoms with Crippen LogP contribution in [0.2, 0.25) is 0 Å². The minimum absolute atomic E-state index is 0.600. The summed E-state index contributed by atoms with van der Waals surface area (Å²) in [5.74, 6) is 0.600. The van der Waals surface area contributed by atoms with Gasteiger partial charge in [0.05, 0.1) is 6.61 Å². The normalized spacial score (nSPS) is 12.3. The van der Waals surface area contributed by atoms with E-state index in [-0.39, 0.29) is 0 Å². The molecule has 0 heterocycles. The topological polar surface area (TPSA) is 21.3 Å². The molecule has 3 rings (SSSR count). The van der Waals surface area contributed by atoms with Crippen LogP contribution < -0.4 is 5.32 Å². The van der Waals surface area contributed by atoms with Gasteiger partial charge in [0.25, 0.3) is 0 Å². The summed E-state index contributed by atoms with van der Waals surface area (Å²) in [6, 6.07) is 15.4.